The molecule has 2 aromatic carbocycles. The average Bonchev–Trinajstić information content (AvgIpc) is 2.47. The van der Waals surface area contributed by atoms with Crippen molar-refractivity contribution in [1.82, 2.24) is 0 Å². The first-order valence-corrected chi connectivity index (χ1v) is 6.99. The number of ether oxygens (including phenoxy) is 1. The molecule has 1 unspecified atom stereocenters. The molecule has 0 aromatic heterocycles. The second-order valence-corrected chi connectivity index (χ2v) is 5.36. The van der Waals surface area contributed by atoms with Crippen LogP contribution in [-0.2, 0) is 10.3 Å². The van der Waals surface area contributed by atoms with E-state index in [1.165, 1.54) is 0 Å². The minimum Gasteiger partial charge on any atom is -0.493 e. The van der Waals surface area contributed by atoms with Crippen molar-refractivity contribution < 1.29 is 9.53 Å². The summed E-state index contributed by atoms with van der Waals surface area (Å²) in [6.45, 7) is 2.47. The van der Waals surface area contributed by atoms with Gasteiger partial charge in [-0.25, -0.2) is 0 Å². The Morgan fingerprint density at radius 2 is 2.05 bits per heavy atom. The fourth-order valence-corrected chi connectivity index (χ4v) is 2.81. The smallest absolute Gasteiger partial charge is 0.248 e. The number of hydrogen-bond donors (Lipinski definition) is 2. The van der Waals surface area contributed by atoms with E-state index in [2.05, 4.69) is 5.32 Å². The van der Waals surface area contributed by atoms with E-state index in [4.69, 9.17) is 10.5 Å². The third kappa shape index (κ3) is 2.33. The molecule has 0 aliphatic carbocycles. The number of para-hydroxylation sites is 1. The van der Waals surface area contributed by atoms with Gasteiger partial charge in [0.15, 0.2) is 0 Å². The molecule has 1 aliphatic rings. The lowest BCUT2D eigenvalue weighted by Crippen LogP contribution is -2.50. The van der Waals surface area contributed by atoms with Gasteiger partial charge in [0, 0.05) is 17.7 Å². The number of aryl methyl sites for hydroxylation is 1. The standard InChI is InChI=1S/C17H18N2O2/c1-12-5-4-6-13(11-12)19-17(16(18)20)9-10-21-15-8-3-2-7-14(15)17/h2-8,11,19H,9-10H2,1H3,(H2,18,20). The fourth-order valence-electron chi connectivity index (χ4n) is 2.81. The van der Waals surface area contributed by atoms with Crippen LogP contribution >= 0.6 is 0 Å². The van der Waals surface area contributed by atoms with Crippen LogP contribution < -0.4 is 15.8 Å². The third-order valence-corrected chi connectivity index (χ3v) is 3.88. The monoisotopic (exact) mass is 282 g/mol. The van der Waals surface area contributed by atoms with Gasteiger partial charge < -0.3 is 15.8 Å². The van der Waals surface area contributed by atoms with E-state index in [1.807, 2.05) is 55.5 Å². The topological polar surface area (TPSA) is 64.3 Å². The van der Waals surface area contributed by atoms with Crippen molar-refractivity contribution in [3.8, 4) is 5.75 Å². The van der Waals surface area contributed by atoms with Gasteiger partial charge >= 0.3 is 0 Å². The molecule has 0 spiro atoms. The Hall–Kier alpha value is -2.49. The zero-order valence-corrected chi connectivity index (χ0v) is 11.9. The number of primary amides is 1. The molecule has 0 saturated carbocycles. The lowest BCUT2D eigenvalue weighted by Gasteiger charge is -2.37. The Labute approximate surface area is 123 Å². The van der Waals surface area contributed by atoms with Crippen molar-refractivity contribution in [3.63, 3.8) is 0 Å². The predicted octanol–water partition coefficient (Wildman–Crippen LogP) is 2.57. The van der Waals surface area contributed by atoms with E-state index in [-0.39, 0.29) is 5.91 Å². The van der Waals surface area contributed by atoms with Crippen molar-refractivity contribution in [2.75, 3.05) is 11.9 Å². The number of carbonyl (C=O) groups is 1. The Bertz CT molecular complexity index is 684. The highest BCUT2D eigenvalue weighted by molar-refractivity contribution is 5.90. The van der Waals surface area contributed by atoms with E-state index in [1.54, 1.807) is 0 Å². The number of hydrogen-bond acceptors (Lipinski definition) is 3. The van der Waals surface area contributed by atoms with Crippen LogP contribution in [0.1, 0.15) is 17.5 Å². The number of rotatable bonds is 3. The van der Waals surface area contributed by atoms with Crippen molar-refractivity contribution in [2.24, 2.45) is 5.73 Å². The van der Waals surface area contributed by atoms with E-state index in [0.717, 1.165) is 16.8 Å². The molecule has 2 aromatic rings. The molecular formula is C17H18N2O2. The zero-order valence-electron chi connectivity index (χ0n) is 11.9. The quantitative estimate of drug-likeness (QED) is 0.909. The summed E-state index contributed by atoms with van der Waals surface area (Å²) in [6.07, 6.45) is 0.507. The van der Waals surface area contributed by atoms with E-state index < -0.39 is 5.54 Å². The van der Waals surface area contributed by atoms with Crippen LogP contribution in [0, 0.1) is 6.92 Å². The lowest BCUT2D eigenvalue weighted by molar-refractivity contribution is -0.123. The van der Waals surface area contributed by atoms with Crippen LogP contribution in [-0.4, -0.2) is 12.5 Å². The maximum atomic E-state index is 12.2. The molecule has 1 aliphatic heterocycles. The number of benzene rings is 2. The van der Waals surface area contributed by atoms with Crippen LogP contribution in [0.2, 0.25) is 0 Å². The van der Waals surface area contributed by atoms with Crippen LogP contribution in [0.15, 0.2) is 48.5 Å². The van der Waals surface area contributed by atoms with Gasteiger partial charge in [-0.15, -0.1) is 0 Å². The summed E-state index contributed by atoms with van der Waals surface area (Å²) in [5.41, 5.74) is 7.62. The summed E-state index contributed by atoms with van der Waals surface area (Å²) in [5, 5.41) is 3.34. The molecule has 4 nitrogen and oxygen atoms in total. The van der Waals surface area contributed by atoms with Gasteiger partial charge in [-0.1, -0.05) is 30.3 Å². The van der Waals surface area contributed by atoms with E-state index >= 15 is 0 Å². The molecule has 108 valence electrons. The van der Waals surface area contributed by atoms with Crippen LogP contribution in [0.5, 0.6) is 5.75 Å². The number of carbonyl (C=O) groups excluding carboxylic acids is 1. The average molecular weight is 282 g/mol. The Morgan fingerprint density at radius 1 is 1.24 bits per heavy atom. The van der Waals surface area contributed by atoms with Gasteiger partial charge in [0.2, 0.25) is 5.91 Å². The molecule has 0 saturated heterocycles. The highest BCUT2D eigenvalue weighted by Gasteiger charge is 2.43. The normalized spacial score (nSPS) is 20.2. The van der Waals surface area contributed by atoms with Crippen LogP contribution in [0.25, 0.3) is 0 Å². The van der Waals surface area contributed by atoms with E-state index in [9.17, 15) is 4.79 Å². The summed E-state index contributed by atoms with van der Waals surface area (Å²) in [5.74, 6) is 0.322. The third-order valence-electron chi connectivity index (χ3n) is 3.88. The summed E-state index contributed by atoms with van der Waals surface area (Å²) >= 11 is 0. The SMILES string of the molecule is Cc1cccc(NC2(C(N)=O)CCOc3ccccc32)c1. The van der Waals surface area contributed by atoms with Crippen LogP contribution in [0.3, 0.4) is 0 Å². The van der Waals surface area contributed by atoms with Crippen LogP contribution in [0.4, 0.5) is 5.69 Å². The van der Waals surface area contributed by atoms with Crippen molar-refractivity contribution in [1.29, 1.82) is 0 Å². The van der Waals surface area contributed by atoms with Gasteiger partial charge in [0.05, 0.1) is 6.61 Å². The predicted molar refractivity (Wildman–Crippen MR) is 82.2 cm³/mol. The molecule has 1 amide bonds. The Balaban J connectivity index is 2.08. The van der Waals surface area contributed by atoms with Gasteiger partial charge in [-0.3, -0.25) is 4.79 Å². The first-order chi connectivity index (χ1) is 10.1. The molecule has 3 rings (SSSR count). The second kappa shape index (κ2) is 5.13. The summed E-state index contributed by atoms with van der Waals surface area (Å²) < 4.78 is 5.64. The van der Waals surface area contributed by atoms with Crippen molar-refractivity contribution >= 4 is 11.6 Å². The summed E-state index contributed by atoms with van der Waals surface area (Å²) in [7, 11) is 0. The maximum absolute atomic E-state index is 12.2. The van der Waals surface area contributed by atoms with Gasteiger partial charge in [-0.2, -0.15) is 0 Å². The molecule has 0 bridgehead atoms. The maximum Gasteiger partial charge on any atom is 0.248 e. The highest BCUT2D eigenvalue weighted by atomic mass is 16.5. The largest absolute Gasteiger partial charge is 0.493 e. The Kier molecular flexibility index (Phi) is 3.29. The number of nitrogens with two attached hydrogens (primary N) is 1. The number of fused-ring (bicyclic) bond motifs is 1. The number of amides is 1. The van der Waals surface area contributed by atoms with Crippen molar-refractivity contribution in [2.45, 2.75) is 18.9 Å². The van der Waals surface area contributed by atoms with Gasteiger partial charge in [-0.05, 0) is 30.7 Å². The molecular weight excluding hydrogens is 264 g/mol. The summed E-state index contributed by atoms with van der Waals surface area (Å²) in [4.78, 5) is 12.2. The molecule has 3 N–H and O–H groups in total. The molecule has 4 heteroatoms. The molecule has 1 heterocycles. The first kappa shape index (κ1) is 13.5. The molecule has 0 fully saturated rings. The minimum atomic E-state index is -0.928. The Morgan fingerprint density at radius 3 is 2.81 bits per heavy atom. The van der Waals surface area contributed by atoms with E-state index in [0.29, 0.717) is 18.8 Å². The second-order valence-electron chi connectivity index (χ2n) is 5.36. The fraction of sp³-hybridized carbons (Fsp3) is 0.235. The molecule has 0 radical (unpaired) electrons. The molecule has 1 atom stereocenters. The number of anilines is 1. The zero-order chi connectivity index (χ0) is 14.9. The summed E-state index contributed by atoms with van der Waals surface area (Å²) in [6, 6.07) is 15.5. The van der Waals surface area contributed by atoms with Gasteiger partial charge in [0.1, 0.15) is 11.3 Å². The van der Waals surface area contributed by atoms with Crippen molar-refractivity contribution in [3.05, 3.63) is 59.7 Å². The minimum absolute atomic E-state index is 0.389. The lowest BCUT2D eigenvalue weighted by atomic mass is 9.83. The number of nitrogens with one attached hydrogen (secondary N) is 1. The molecule has 21 heavy (non-hydrogen) atoms. The highest BCUT2D eigenvalue weighted by Crippen LogP contribution is 2.39. The first-order valence-electron chi connectivity index (χ1n) is 6.99. The van der Waals surface area contributed by atoms with Gasteiger partial charge in [0.25, 0.3) is 0 Å².